The Labute approximate surface area is 61.8 Å². The molecule has 0 nitrogen and oxygen atoms in total. The predicted molar refractivity (Wildman–Crippen MR) is 43.4 cm³/mol. The highest BCUT2D eigenvalue weighted by Crippen LogP contribution is 2.03. The minimum absolute atomic E-state index is 0.173. The van der Waals surface area contributed by atoms with Gasteiger partial charge in [-0.05, 0) is 25.0 Å². The predicted octanol–water partition coefficient (Wildman–Crippen LogP) is 3.38. The van der Waals surface area contributed by atoms with Gasteiger partial charge in [0.15, 0.2) is 0 Å². The Hall–Kier alpha value is -0.850. The monoisotopic (exact) mass is 140 g/mol. The lowest BCUT2D eigenvalue weighted by Crippen LogP contribution is -1.70. The van der Waals surface area contributed by atoms with Gasteiger partial charge in [-0.25, -0.2) is 4.39 Å². The summed E-state index contributed by atoms with van der Waals surface area (Å²) in [5, 5.41) is 0. The molecule has 0 saturated heterocycles. The number of halogens is 1. The van der Waals surface area contributed by atoms with E-state index in [1.807, 2.05) is 6.92 Å². The summed E-state index contributed by atoms with van der Waals surface area (Å²) in [5.41, 5.74) is 1.05. The standard InChI is InChI=1S/C9H13F/c1-4-9(5-2)7-6-8(3)10/h4,6-7H,1,5H2,2-3H3/b8-6+,9-7+. The van der Waals surface area contributed by atoms with E-state index in [-0.39, 0.29) is 5.83 Å². The maximum absolute atomic E-state index is 12.1. The van der Waals surface area contributed by atoms with E-state index in [9.17, 15) is 4.39 Å². The normalized spacial score (nSPS) is 13.5. The highest BCUT2D eigenvalue weighted by Gasteiger charge is 1.83. The molecule has 0 aromatic heterocycles. The second-order valence-electron chi connectivity index (χ2n) is 2.05. The van der Waals surface area contributed by atoms with Crippen LogP contribution in [0.15, 0.2) is 36.2 Å². The van der Waals surface area contributed by atoms with E-state index >= 15 is 0 Å². The maximum atomic E-state index is 12.1. The first-order chi connectivity index (χ1) is 4.70. The van der Waals surface area contributed by atoms with Gasteiger partial charge < -0.3 is 0 Å². The Bertz CT molecular complexity index is 160. The van der Waals surface area contributed by atoms with Crippen LogP contribution in [0.2, 0.25) is 0 Å². The topological polar surface area (TPSA) is 0 Å². The van der Waals surface area contributed by atoms with Gasteiger partial charge in [0.2, 0.25) is 0 Å². The third-order valence-electron chi connectivity index (χ3n) is 1.20. The molecule has 0 amide bonds. The number of hydrogen-bond acceptors (Lipinski definition) is 0. The quantitative estimate of drug-likeness (QED) is 0.527. The third kappa shape index (κ3) is 4.07. The molecule has 0 rings (SSSR count). The molecule has 0 spiro atoms. The van der Waals surface area contributed by atoms with E-state index in [4.69, 9.17) is 0 Å². The van der Waals surface area contributed by atoms with E-state index in [0.29, 0.717) is 0 Å². The fourth-order valence-corrected chi connectivity index (χ4v) is 0.552. The van der Waals surface area contributed by atoms with Gasteiger partial charge in [-0.2, -0.15) is 0 Å². The summed E-state index contributed by atoms with van der Waals surface area (Å²) in [7, 11) is 0. The number of rotatable bonds is 3. The third-order valence-corrected chi connectivity index (χ3v) is 1.20. The molecule has 0 aliphatic carbocycles. The van der Waals surface area contributed by atoms with Crippen molar-refractivity contribution in [3.05, 3.63) is 36.2 Å². The van der Waals surface area contributed by atoms with E-state index in [2.05, 4.69) is 6.58 Å². The minimum Gasteiger partial charge on any atom is -0.212 e. The lowest BCUT2D eigenvalue weighted by atomic mass is 10.2. The lowest BCUT2D eigenvalue weighted by molar-refractivity contribution is 0.640. The molecule has 0 N–H and O–H groups in total. The molecule has 0 bridgehead atoms. The van der Waals surface area contributed by atoms with E-state index in [1.165, 1.54) is 13.0 Å². The van der Waals surface area contributed by atoms with Crippen molar-refractivity contribution < 1.29 is 4.39 Å². The summed E-state index contributed by atoms with van der Waals surface area (Å²) in [6, 6.07) is 0. The summed E-state index contributed by atoms with van der Waals surface area (Å²) in [6.07, 6.45) is 5.82. The first-order valence-corrected chi connectivity index (χ1v) is 3.36. The van der Waals surface area contributed by atoms with Gasteiger partial charge in [-0.15, -0.1) is 0 Å². The summed E-state index contributed by atoms with van der Waals surface area (Å²) in [4.78, 5) is 0. The Kier molecular flexibility index (Phi) is 4.55. The van der Waals surface area contributed by atoms with Gasteiger partial charge in [-0.1, -0.05) is 25.7 Å². The number of allylic oxidation sites excluding steroid dienone is 5. The van der Waals surface area contributed by atoms with Crippen molar-refractivity contribution in [1.29, 1.82) is 0 Å². The molecule has 0 fully saturated rings. The minimum atomic E-state index is -0.173. The van der Waals surface area contributed by atoms with Gasteiger partial charge in [0.05, 0.1) is 5.83 Å². The van der Waals surface area contributed by atoms with Crippen molar-refractivity contribution >= 4 is 0 Å². The summed E-state index contributed by atoms with van der Waals surface area (Å²) in [5.74, 6) is -0.173. The fraction of sp³-hybridized carbons (Fsp3) is 0.333. The molecule has 0 aromatic carbocycles. The molecule has 0 aliphatic heterocycles. The molecular formula is C9H13F. The van der Waals surface area contributed by atoms with Crippen molar-refractivity contribution in [2.45, 2.75) is 20.3 Å². The molecule has 0 radical (unpaired) electrons. The second-order valence-corrected chi connectivity index (χ2v) is 2.05. The summed E-state index contributed by atoms with van der Waals surface area (Å²) < 4.78 is 12.1. The molecular weight excluding hydrogens is 127 g/mol. The Morgan fingerprint density at radius 3 is 2.40 bits per heavy atom. The van der Waals surface area contributed by atoms with Crippen LogP contribution in [0.4, 0.5) is 4.39 Å². The van der Waals surface area contributed by atoms with Crippen LogP contribution in [0.3, 0.4) is 0 Å². The molecule has 0 atom stereocenters. The molecule has 0 heterocycles. The van der Waals surface area contributed by atoms with Crippen LogP contribution in [0, 0.1) is 0 Å². The van der Waals surface area contributed by atoms with Gasteiger partial charge in [0.25, 0.3) is 0 Å². The molecule has 0 saturated carbocycles. The van der Waals surface area contributed by atoms with Gasteiger partial charge in [0, 0.05) is 0 Å². The summed E-state index contributed by atoms with van der Waals surface area (Å²) in [6.45, 7) is 7.02. The maximum Gasteiger partial charge on any atom is 0.0968 e. The molecule has 1 heteroatoms. The van der Waals surface area contributed by atoms with Gasteiger partial charge in [0.1, 0.15) is 0 Å². The zero-order valence-electron chi connectivity index (χ0n) is 6.52. The van der Waals surface area contributed by atoms with Crippen LogP contribution < -0.4 is 0 Å². The number of hydrogen-bond donors (Lipinski definition) is 0. The van der Waals surface area contributed by atoms with Gasteiger partial charge >= 0.3 is 0 Å². The molecule has 0 aromatic rings. The largest absolute Gasteiger partial charge is 0.212 e. The lowest BCUT2D eigenvalue weighted by Gasteiger charge is -1.90. The van der Waals surface area contributed by atoms with Crippen molar-refractivity contribution in [3.8, 4) is 0 Å². The first kappa shape index (κ1) is 9.15. The van der Waals surface area contributed by atoms with Crippen LogP contribution >= 0.6 is 0 Å². The second kappa shape index (κ2) is 4.98. The van der Waals surface area contributed by atoms with Crippen LogP contribution in [0.5, 0.6) is 0 Å². The van der Waals surface area contributed by atoms with E-state index < -0.39 is 0 Å². The highest BCUT2D eigenvalue weighted by molar-refractivity contribution is 5.22. The van der Waals surface area contributed by atoms with E-state index in [0.717, 1.165) is 12.0 Å². The highest BCUT2D eigenvalue weighted by atomic mass is 19.1. The Morgan fingerprint density at radius 2 is 2.10 bits per heavy atom. The van der Waals surface area contributed by atoms with Crippen molar-refractivity contribution in [2.75, 3.05) is 0 Å². The summed E-state index contributed by atoms with van der Waals surface area (Å²) >= 11 is 0. The average Bonchev–Trinajstić information content (AvgIpc) is 1.90. The van der Waals surface area contributed by atoms with Crippen LogP contribution in [-0.4, -0.2) is 0 Å². The molecule has 10 heavy (non-hydrogen) atoms. The molecule has 0 unspecified atom stereocenters. The van der Waals surface area contributed by atoms with Crippen LogP contribution in [0.25, 0.3) is 0 Å². The smallest absolute Gasteiger partial charge is 0.0968 e. The average molecular weight is 140 g/mol. The fourth-order valence-electron chi connectivity index (χ4n) is 0.552. The Balaban J connectivity index is 4.12. The van der Waals surface area contributed by atoms with Crippen molar-refractivity contribution in [2.24, 2.45) is 0 Å². The zero-order chi connectivity index (χ0) is 7.98. The van der Waals surface area contributed by atoms with E-state index in [1.54, 1.807) is 12.2 Å². The zero-order valence-corrected chi connectivity index (χ0v) is 6.52. The van der Waals surface area contributed by atoms with Gasteiger partial charge in [-0.3, -0.25) is 0 Å². The van der Waals surface area contributed by atoms with Crippen molar-refractivity contribution in [3.63, 3.8) is 0 Å². The Morgan fingerprint density at radius 1 is 1.50 bits per heavy atom. The molecule has 56 valence electrons. The first-order valence-electron chi connectivity index (χ1n) is 3.36. The van der Waals surface area contributed by atoms with Crippen molar-refractivity contribution in [1.82, 2.24) is 0 Å². The SMILES string of the molecule is C=C/C(=C\C=C(/C)F)CC. The van der Waals surface area contributed by atoms with Crippen LogP contribution in [-0.2, 0) is 0 Å². The molecule has 0 aliphatic rings. The van der Waals surface area contributed by atoms with Crippen LogP contribution in [0.1, 0.15) is 20.3 Å².